The summed E-state index contributed by atoms with van der Waals surface area (Å²) >= 11 is 5.97. The van der Waals surface area contributed by atoms with Crippen LogP contribution in [0, 0.1) is 0 Å². The van der Waals surface area contributed by atoms with Crippen LogP contribution >= 0.6 is 11.6 Å². The Morgan fingerprint density at radius 3 is 2.35 bits per heavy atom. The van der Waals surface area contributed by atoms with Crippen LogP contribution in [0.2, 0.25) is 5.02 Å². The molecule has 0 saturated heterocycles. The largest absolute Gasteiger partial charge is 0.332 e. The van der Waals surface area contributed by atoms with Crippen molar-refractivity contribution in [3.63, 3.8) is 0 Å². The number of rotatable bonds is 4. The van der Waals surface area contributed by atoms with Crippen LogP contribution in [0.5, 0.6) is 0 Å². The van der Waals surface area contributed by atoms with Gasteiger partial charge in [0.25, 0.3) is 11.4 Å². The van der Waals surface area contributed by atoms with Crippen molar-refractivity contribution >= 4 is 22.4 Å². The highest BCUT2D eigenvalue weighted by Gasteiger charge is 2.19. The van der Waals surface area contributed by atoms with E-state index in [1.54, 1.807) is 18.2 Å². The molecule has 0 aliphatic carbocycles. The number of fused-ring (bicyclic) bond motifs is 1. The fraction of sp³-hybridized carbons (Fsp3) is 0.0833. The molecule has 0 saturated carbocycles. The average Bonchev–Trinajstić information content (AvgIpc) is 3.30. The predicted molar refractivity (Wildman–Crippen MR) is 120 cm³/mol. The van der Waals surface area contributed by atoms with Crippen molar-refractivity contribution < 1.29 is 4.52 Å². The van der Waals surface area contributed by atoms with E-state index in [1.165, 1.54) is 10.2 Å². The average molecular weight is 429 g/mol. The first-order valence-electron chi connectivity index (χ1n) is 9.85. The summed E-state index contributed by atoms with van der Waals surface area (Å²) < 4.78 is 6.92. The molecule has 0 aliphatic rings. The van der Waals surface area contributed by atoms with Crippen LogP contribution in [-0.4, -0.2) is 19.9 Å². The highest BCUT2D eigenvalue weighted by molar-refractivity contribution is 6.30. The van der Waals surface area contributed by atoms with Crippen molar-refractivity contribution in [1.29, 1.82) is 0 Å². The van der Waals surface area contributed by atoms with Crippen LogP contribution in [0.4, 0.5) is 0 Å². The number of nitrogens with zero attached hydrogens (tertiary/aromatic N) is 4. The number of benzene rings is 3. The van der Waals surface area contributed by atoms with Crippen LogP contribution in [0.25, 0.3) is 39.4 Å². The number of hydrogen-bond acceptors (Lipinski definition) is 5. The summed E-state index contributed by atoms with van der Waals surface area (Å²) in [6.07, 6.45) is 0.918. The van der Waals surface area contributed by atoms with Gasteiger partial charge in [-0.15, -0.1) is 0 Å². The van der Waals surface area contributed by atoms with Gasteiger partial charge in [0.15, 0.2) is 5.69 Å². The Morgan fingerprint density at radius 2 is 1.65 bits per heavy atom. The Morgan fingerprint density at radius 1 is 0.935 bits per heavy atom. The molecule has 0 atom stereocenters. The summed E-state index contributed by atoms with van der Waals surface area (Å²) in [5, 5.41) is 10.5. The lowest BCUT2D eigenvalue weighted by molar-refractivity contribution is 0.430. The lowest BCUT2D eigenvalue weighted by Gasteiger charge is -2.09. The molecule has 0 N–H and O–H groups in total. The number of hydrogen-bond donors (Lipinski definition) is 0. The van der Waals surface area contributed by atoms with Gasteiger partial charge in [-0.3, -0.25) is 4.79 Å². The first kappa shape index (κ1) is 19.2. The van der Waals surface area contributed by atoms with E-state index >= 15 is 0 Å². The summed E-state index contributed by atoms with van der Waals surface area (Å²) in [5.74, 6) is 0.655. The first-order chi connectivity index (χ1) is 15.1. The van der Waals surface area contributed by atoms with Crippen LogP contribution < -0.4 is 5.56 Å². The van der Waals surface area contributed by atoms with Crippen LogP contribution in [-0.2, 0) is 6.42 Å². The van der Waals surface area contributed by atoms with Gasteiger partial charge in [-0.25, -0.2) is 0 Å². The van der Waals surface area contributed by atoms with E-state index in [0.29, 0.717) is 33.0 Å². The lowest BCUT2D eigenvalue weighted by Crippen LogP contribution is -2.22. The van der Waals surface area contributed by atoms with E-state index in [2.05, 4.69) is 22.2 Å². The van der Waals surface area contributed by atoms with E-state index in [4.69, 9.17) is 16.1 Å². The number of aryl methyl sites for hydroxylation is 1. The van der Waals surface area contributed by atoms with Crippen molar-refractivity contribution in [3.8, 4) is 28.7 Å². The van der Waals surface area contributed by atoms with Crippen molar-refractivity contribution in [2.24, 2.45) is 0 Å². The summed E-state index contributed by atoms with van der Waals surface area (Å²) in [6, 6.07) is 22.2. The van der Waals surface area contributed by atoms with Crippen molar-refractivity contribution in [3.05, 3.63) is 93.7 Å². The molecule has 6 nitrogen and oxygen atoms in total. The van der Waals surface area contributed by atoms with Crippen molar-refractivity contribution in [1.82, 2.24) is 19.9 Å². The minimum atomic E-state index is -0.207. The molecule has 0 fully saturated rings. The molecule has 0 radical (unpaired) electrons. The molecular formula is C24H17ClN4O2. The zero-order valence-electron chi connectivity index (χ0n) is 16.6. The fourth-order valence-corrected chi connectivity index (χ4v) is 3.56. The van der Waals surface area contributed by atoms with E-state index < -0.39 is 0 Å². The first-order valence-corrected chi connectivity index (χ1v) is 10.2. The molecular weight excluding hydrogens is 412 g/mol. The standard InChI is InChI=1S/C24H17ClN4O2/c1-2-15-7-13-18(14-8-15)29-24(30)20-6-4-3-5-19(20)21(27-29)23-26-22(28-31-23)16-9-11-17(25)12-10-16/h3-14H,2H2,1H3. The maximum Gasteiger partial charge on any atom is 0.279 e. The number of halogens is 1. The molecule has 5 rings (SSSR count). The molecule has 5 aromatic rings. The van der Waals surface area contributed by atoms with Crippen LogP contribution in [0.3, 0.4) is 0 Å². The van der Waals surface area contributed by atoms with Gasteiger partial charge in [0, 0.05) is 16.0 Å². The van der Waals surface area contributed by atoms with Gasteiger partial charge < -0.3 is 4.52 Å². The Hall–Kier alpha value is -3.77. The minimum absolute atomic E-state index is 0.207. The third-order valence-corrected chi connectivity index (χ3v) is 5.38. The van der Waals surface area contributed by atoms with Gasteiger partial charge in [-0.1, -0.05) is 54.0 Å². The predicted octanol–water partition coefficient (Wildman–Crippen LogP) is 5.32. The summed E-state index contributed by atoms with van der Waals surface area (Å²) in [6.45, 7) is 2.08. The van der Waals surface area contributed by atoms with E-state index in [-0.39, 0.29) is 11.4 Å². The Kier molecular flexibility index (Phi) is 4.84. The monoisotopic (exact) mass is 428 g/mol. The lowest BCUT2D eigenvalue weighted by atomic mass is 10.1. The van der Waals surface area contributed by atoms with Gasteiger partial charge >= 0.3 is 0 Å². The van der Waals surface area contributed by atoms with Gasteiger partial charge in [-0.05, 0) is 54.4 Å². The Bertz CT molecular complexity index is 1440. The second-order valence-corrected chi connectivity index (χ2v) is 7.50. The third kappa shape index (κ3) is 3.51. The molecule has 0 bridgehead atoms. The van der Waals surface area contributed by atoms with E-state index in [0.717, 1.165) is 12.0 Å². The second kappa shape index (κ2) is 7.81. The van der Waals surface area contributed by atoms with Crippen LogP contribution in [0.1, 0.15) is 12.5 Å². The quantitative estimate of drug-likeness (QED) is 0.387. The molecule has 2 aromatic heterocycles. The van der Waals surface area contributed by atoms with E-state index in [1.807, 2.05) is 54.6 Å². The highest BCUT2D eigenvalue weighted by atomic mass is 35.5. The third-order valence-electron chi connectivity index (χ3n) is 5.13. The zero-order valence-corrected chi connectivity index (χ0v) is 17.4. The summed E-state index contributed by atoms with van der Waals surface area (Å²) in [4.78, 5) is 17.7. The number of aromatic nitrogens is 4. The molecule has 152 valence electrons. The normalized spacial score (nSPS) is 11.2. The molecule has 0 spiro atoms. The summed E-state index contributed by atoms with van der Waals surface area (Å²) in [5.41, 5.74) is 2.87. The SMILES string of the molecule is CCc1ccc(-n2nc(-c3nc(-c4ccc(Cl)cc4)no3)c3ccccc3c2=O)cc1. The molecule has 2 heterocycles. The Balaban J connectivity index is 1.69. The molecule has 0 aliphatic heterocycles. The van der Waals surface area contributed by atoms with Crippen molar-refractivity contribution in [2.45, 2.75) is 13.3 Å². The smallest absolute Gasteiger partial charge is 0.279 e. The molecule has 3 aromatic carbocycles. The molecule has 7 heteroatoms. The topological polar surface area (TPSA) is 73.8 Å². The maximum atomic E-state index is 13.1. The fourth-order valence-electron chi connectivity index (χ4n) is 3.43. The van der Waals surface area contributed by atoms with Gasteiger partial charge in [0.05, 0.1) is 11.1 Å². The minimum Gasteiger partial charge on any atom is -0.332 e. The van der Waals surface area contributed by atoms with Gasteiger partial charge in [-0.2, -0.15) is 14.8 Å². The molecule has 0 amide bonds. The summed E-state index contributed by atoms with van der Waals surface area (Å²) in [7, 11) is 0. The maximum absolute atomic E-state index is 13.1. The molecule has 0 unspecified atom stereocenters. The Labute approximate surface area is 182 Å². The van der Waals surface area contributed by atoms with Gasteiger partial charge in [0.1, 0.15) is 0 Å². The van der Waals surface area contributed by atoms with E-state index in [9.17, 15) is 4.79 Å². The van der Waals surface area contributed by atoms with Gasteiger partial charge in [0.2, 0.25) is 5.82 Å². The van der Waals surface area contributed by atoms with Crippen molar-refractivity contribution in [2.75, 3.05) is 0 Å². The second-order valence-electron chi connectivity index (χ2n) is 7.06. The molecule has 31 heavy (non-hydrogen) atoms. The van der Waals surface area contributed by atoms with Crippen LogP contribution in [0.15, 0.2) is 82.1 Å². The zero-order chi connectivity index (χ0) is 21.4. The highest BCUT2D eigenvalue weighted by Crippen LogP contribution is 2.27.